The van der Waals surface area contributed by atoms with Crippen LogP contribution in [0, 0.1) is 13.8 Å². The first-order chi connectivity index (χ1) is 14.2. The molecular weight excluding hydrogens is 439 g/mol. The van der Waals surface area contributed by atoms with E-state index in [-0.39, 0.29) is 0 Å². The zero-order chi connectivity index (χ0) is 20.1. The third-order valence-corrected chi connectivity index (χ3v) is 8.58. The summed E-state index contributed by atoms with van der Waals surface area (Å²) in [6.07, 6.45) is 4.96. The number of hydrogen-bond acceptors (Lipinski definition) is 8. The van der Waals surface area contributed by atoms with E-state index in [1.165, 1.54) is 10.5 Å². The van der Waals surface area contributed by atoms with Crippen molar-refractivity contribution in [2.45, 2.75) is 35.3 Å². The van der Waals surface area contributed by atoms with Crippen LogP contribution in [0.15, 0.2) is 52.1 Å². The molecule has 29 heavy (non-hydrogen) atoms. The van der Waals surface area contributed by atoms with E-state index in [1.54, 1.807) is 35.0 Å². The van der Waals surface area contributed by atoms with Crippen molar-refractivity contribution in [2.75, 3.05) is 11.5 Å². The second-order valence-corrected chi connectivity index (χ2v) is 11.0. The molecule has 4 aromatic rings. The van der Waals surface area contributed by atoms with Crippen LogP contribution in [-0.4, -0.2) is 35.6 Å². The number of pyridine rings is 1. The van der Waals surface area contributed by atoms with E-state index in [0.717, 1.165) is 49.8 Å². The van der Waals surface area contributed by atoms with Gasteiger partial charge in [0.2, 0.25) is 0 Å². The minimum absolute atomic E-state index is 0.826. The fraction of sp³-hybridized carbons (Fsp3) is 0.300. The minimum atomic E-state index is 0.826. The summed E-state index contributed by atoms with van der Waals surface area (Å²) < 4.78 is 3.20. The van der Waals surface area contributed by atoms with Gasteiger partial charge in [0.05, 0.1) is 22.5 Å². The second kappa shape index (κ2) is 9.97. The summed E-state index contributed by atoms with van der Waals surface area (Å²) in [5.41, 5.74) is 4.58. The number of nitrogens with zero attached hydrogens (tertiary/aromatic N) is 5. The Kier molecular flexibility index (Phi) is 7.12. The molecule has 5 nitrogen and oxygen atoms in total. The van der Waals surface area contributed by atoms with E-state index in [0.29, 0.717) is 0 Å². The monoisotopic (exact) mass is 459 g/mol. The number of aromatic nitrogens is 5. The molecular formula is C20H21N5S4. The van der Waals surface area contributed by atoms with Crippen molar-refractivity contribution in [1.82, 2.24) is 24.1 Å². The maximum absolute atomic E-state index is 4.62. The lowest BCUT2D eigenvalue weighted by Crippen LogP contribution is -1.96. The van der Waals surface area contributed by atoms with Crippen LogP contribution in [0.1, 0.15) is 22.7 Å². The molecule has 9 heteroatoms. The molecule has 0 amide bonds. The van der Waals surface area contributed by atoms with Crippen molar-refractivity contribution in [3.05, 3.63) is 59.1 Å². The average Bonchev–Trinajstić information content (AvgIpc) is 3.34. The van der Waals surface area contributed by atoms with Crippen molar-refractivity contribution in [3.8, 4) is 0 Å². The lowest BCUT2D eigenvalue weighted by molar-refractivity contribution is 0.981. The largest absolute Gasteiger partial charge is 0.272 e. The van der Waals surface area contributed by atoms with Crippen LogP contribution >= 0.6 is 46.8 Å². The van der Waals surface area contributed by atoms with Crippen molar-refractivity contribution in [1.29, 1.82) is 0 Å². The summed E-state index contributed by atoms with van der Waals surface area (Å²) in [6.45, 7) is 4.17. The molecule has 0 aliphatic heterocycles. The van der Waals surface area contributed by atoms with E-state index in [9.17, 15) is 0 Å². The number of benzene rings is 1. The van der Waals surface area contributed by atoms with Gasteiger partial charge in [-0.25, -0.2) is 4.98 Å². The molecule has 0 bridgehead atoms. The highest BCUT2D eigenvalue weighted by molar-refractivity contribution is 8.01. The molecule has 0 radical (unpaired) electrons. The lowest BCUT2D eigenvalue weighted by atomic mass is 10.2. The Balaban J connectivity index is 1.30. The number of imidazole rings is 1. The highest BCUT2D eigenvalue weighted by Crippen LogP contribution is 2.29. The first-order valence-corrected chi connectivity index (χ1v) is 13.0. The SMILES string of the molecule is Cc1nnc(SCCCSc2ccnc(CSn3cnc4ccccc43)c2C)s1. The number of hydrogen-bond donors (Lipinski definition) is 0. The number of para-hydroxylation sites is 2. The second-order valence-electron chi connectivity index (χ2n) is 6.35. The number of aryl methyl sites for hydroxylation is 1. The van der Waals surface area contributed by atoms with Crippen LogP contribution in [0.3, 0.4) is 0 Å². The third kappa shape index (κ3) is 5.33. The quantitative estimate of drug-likeness (QED) is 0.229. The van der Waals surface area contributed by atoms with Gasteiger partial charge >= 0.3 is 0 Å². The third-order valence-electron chi connectivity index (χ3n) is 4.30. The van der Waals surface area contributed by atoms with Gasteiger partial charge in [-0.3, -0.25) is 8.96 Å². The first-order valence-electron chi connectivity index (χ1n) is 9.26. The molecule has 1 aromatic carbocycles. The minimum Gasteiger partial charge on any atom is -0.272 e. The average molecular weight is 460 g/mol. The molecule has 0 saturated heterocycles. The Bertz CT molecular complexity index is 1090. The molecule has 0 saturated carbocycles. The summed E-state index contributed by atoms with van der Waals surface area (Å²) in [4.78, 5) is 10.4. The number of fused-ring (bicyclic) bond motifs is 1. The smallest absolute Gasteiger partial charge is 0.174 e. The van der Waals surface area contributed by atoms with Crippen molar-refractivity contribution < 1.29 is 0 Å². The first kappa shape index (κ1) is 20.7. The zero-order valence-electron chi connectivity index (χ0n) is 16.2. The molecule has 0 unspecified atom stereocenters. The Morgan fingerprint density at radius 1 is 1.00 bits per heavy atom. The maximum atomic E-state index is 4.62. The topological polar surface area (TPSA) is 56.5 Å². The van der Waals surface area contributed by atoms with E-state index in [4.69, 9.17) is 0 Å². The number of rotatable bonds is 9. The standard InChI is InChI=1S/C20H21N5S4/c1-14-17(12-28-25-13-22-16-6-3-4-7-18(16)25)21-9-8-19(14)26-10-5-11-27-20-24-23-15(2)29-20/h3-4,6-9,13H,5,10-12H2,1-2H3. The molecule has 4 rings (SSSR count). The maximum Gasteiger partial charge on any atom is 0.174 e. The highest BCUT2D eigenvalue weighted by atomic mass is 32.2. The molecule has 0 fully saturated rings. The Morgan fingerprint density at radius 2 is 1.86 bits per heavy atom. The molecule has 0 aliphatic carbocycles. The summed E-state index contributed by atoms with van der Waals surface area (Å²) in [6, 6.07) is 10.3. The van der Waals surface area contributed by atoms with E-state index in [2.05, 4.69) is 43.2 Å². The van der Waals surface area contributed by atoms with Crippen LogP contribution in [0.4, 0.5) is 0 Å². The van der Waals surface area contributed by atoms with Gasteiger partial charge in [0.15, 0.2) is 4.34 Å². The molecule has 3 heterocycles. The Morgan fingerprint density at radius 3 is 2.72 bits per heavy atom. The van der Waals surface area contributed by atoms with Gasteiger partial charge in [0.1, 0.15) is 11.3 Å². The van der Waals surface area contributed by atoms with Crippen molar-refractivity contribution >= 4 is 57.8 Å². The molecule has 150 valence electrons. The predicted octanol–water partition coefficient (Wildman–Crippen LogP) is 5.87. The molecule has 0 spiro atoms. The van der Waals surface area contributed by atoms with Crippen LogP contribution in [0.5, 0.6) is 0 Å². The molecule has 3 aromatic heterocycles. The fourth-order valence-electron chi connectivity index (χ4n) is 2.77. The summed E-state index contributed by atoms with van der Waals surface area (Å²) in [5, 5.41) is 9.26. The summed E-state index contributed by atoms with van der Waals surface area (Å²) >= 11 is 7.11. The Labute approximate surface area is 187 Å². The van der Waals surface area contributed by atoms with Crippen molar-refractivity contribution in [2.24, 2.45) is 0 Å². The van der Waals surface area contributed by atoms with Gasteiger partial charge in [0, 0.05) is 16.8 Å². The van der Waals surface area contributed by atoms with Crippen LogP contribution < -0.4 is 0 Å². The summed E-state index contributed by atoms with van der Waals surface area (Å²) in [5.74, 6) is 2.99. The van der Waals surface area contributed by atoms with Gasteiger partial charge in [-0.2, -0.15) is 0 Å². The van der Waals surface area contributed by atoms with Crippen molar-refractivity contribution in [3.63, 3.8) is 0 Å². The van der Waals surface area contributed by atoms with E-state index in [1.807, 2.05) is 49.4 Å². The van der Waals surface area contributed by atoms with Crippen LogP contribution in [-0.2, 0) is 5.75 Å². The zero-order valence-corrected chi connectivity index (χ0v) is 19.5. The highest BCUT2D eigenvalue weighted by Gasteiger charge is 2.09. The van der Waals surface area contributed by atoms with Gasteiger partial charge in [-0.1, -0.05) is 35.2 Å². The van der Waals surface area contributed by atoms with Crippen LogP contribution in [0.2, 0.25) is 0 Å². The van der Waals surface area contributed by atoms with Crippen LogP contribution in [0.25, 0.3) is 11.0 Å². The molecule has 0 N–H and O–H groups in total. The van der Waals surface area contributed by atoms with Gasteiger partial charge in [-0.05, 0) is 61.7 Å². The lowest BCUT2D eigenvalue weighted by Gasteiger charge is -2.10. The molecule has 0 atom stereocenters. The predicted molar refractivity (Wildman–Crippen MR) is 126 cm³/mol. The van der Waals surface area contributed by atoms with E-state index < -0.39 is 0 Å². The van der Waals surface area contributed by atoms with Gasteiger partial charge < -0.3 is 0 Å². The fourth-order valence-corrected chi connectivity index (χ4v) is 6.74. The van der Waals surface area contributed by atoms with E-state index >= 15 is 0 Å². The number of thioether (sulfide) groups is 2. The van der Waals surface area contributed by atoms with Gasteiger partial charge in [-0.15, -0.1) is 22.0 Å². The molecule has 0 aliphatic rings. The Hall–Kier alpha value is -1.55. The van der Waals surface area contributed by atoms with Gasteiger partial charge in [0.25, 0.3) is 0 Å². The normalized spacial score (nSPS) is 11.4. The summed E-state index contributed by atoms with van der Waals surface area (Å²) in [7, 11) is 0.